The molecule has 0 aliphatic carbocycles. The number of rotatable bonds is 32. The van der Waals surface area contributed by atoms with Crippen molar-refractivity contribution in [1.82, 2.24) is 0 Å². The van der Waals surface area contributed by atoms with Gasteiger partial charge in [0.2, 0.25) is 0 Å². The fourth-order valence-corrected chi connectivity index (χ4v) is 5.13. The van der Waals surface area contributed by atoms with Crippen LogP contribution >= 0.6 is 7.82 Å². The van der Waals surface area contributed by atoms with E-state index in [4.69, 9.17) is 19.3 Å². The summed E-state index contributed by atoms with van der Waals surface area (Å²) in [5.41, 5.74) is 0. The highest BCUT2D eigenvalue weighted by molar-refractivity contribution is 7.46. The van der Waals surface area contributed by atoms with Crippen LogP contribution in [0.4, 0.5) is 0 Å². The molecule has 0 spiro atoms. The molecule has 3 N–H and O–H groups in total. The summed E-state index contributed by atoms with van der Waals surface area (Å²) < 4.78 is 26.2. The third-order valence-electron chi connectivity index (χ3n) is 7.91. The molecule has 0 rings (SSSR count). The van der Waals surface area contributed by atoms with Crippen molar-refractivity contribution in [1.29, 1.82) is 0 Å². The SMILES string of the molecule is CCC(C)CCCCCCCCCCC(=O)O[C@H](COC(=O)CCC/C=C\C/C=C\C/C=C\C/C=C\CCC[C@@H](C)O)COP(=O)(O)O. The molecule has 0 aliphatic heterocycles. The van der Waals surface area contributed by atoms with Crippen molar-refractivity contribution in [2.24, 2.45) is 5.92 Å². The maximum absolute atomic E-state index is 12.3. The molecule has 0 radical (unpaired) electrons. The van der Waals surface area contributed by atoms with Gasteiger partial charge in [0.25, 0.3) is 0 Å². The summed E-state index contributed by atoms with van der Waals surface area (Å²) in [6, 6.07) is 0. The lowest BCUT2D eigenvalue weighted by Gasteiger charge is -2.18. The number of aliphatic hydroxyl groups is 1. The minimum atomic E-state index is -4.77. The minimum absolute atomic E-state index is 0.178. The zero-order valence-electron chi connectivity index (χ0n) is 30.1. The lowest BCUT2D eigenvalue weighted by Crippen LogP contribution is -2.29. The molecule has 0 heterocycles. The van der Waals surface area contributed by atoms with E-state index in [1.165, 1.54) is 38.5 Å². The second-order valence-corrected chi connectivity index (χ2v) is 14.0. The van der Waals surface area contributed by atoms with E-state index in [-0.39, 0.29) is 25.6 Å². The van der Waals surface area contributed by atoms with Gasteiger partial charge < -0.3 is 24.4 Å². The standard InChI is InChI=1S/C38H67O9P/c1-4-34(2)28-24-20-16-14-15-19-23-27-31-38(41)47-36(33-46-48(42,43)44)32-45-37(40)30-26-22-18-13-11-9-7-5-6-8-10-12-17-21-25-29-35(3)39/h6-9,12-13,17-18,34-36,39H,4-5,10-11,14-16,19-33H2,1-3H3,(H2,42,43,44)/b8-6-,9-7-,17-12-,18-13-/t34?,35-,36-/m1/s1. The summed E-state index contributed by atoms with van der Waals surface area (Å²) >= 11 is 0. The molecular formula is C38H67O9P. The molecule has 0 aromatic rings. The van der Waals surface area contributed by atoms with E-state index in [9.17, 15) is 19.3 Å². The second kappa shape index (κ2) is 32.2. The summed E-state index contributed by atoms with van der Waals surface area (Å²) in [7, 11) is -4.77. The Labute approximate surface area is 291 Å². The van der Waals surface area contributed by atoms with Crippen LogP contribution in [0.2, 0.25) is 0 Å². The summed E-state index contributed by atoms with van der Waals surface area (Å²) in [6.45, 7) is 5.47. The van der Waals surface area contributed by atoms with Crippen LogP contribution in [0.15, 0.2) is 48.6 Å². The third kappa shape index (κ3) is 35.3. The minimum Gasteiger partial charge on any atom is -0.462 e. The molecule has 0 amide bonds. The van der Waals surface area contributed by atoms with Crippen molar-refractivity contribution in [2.45, 2.75) is 161 Å². The first kappa shape index (κ1) is 46.0. The molecule has 3 atom stereocenters. The predicted molar refractivity (Wildman–Crippen MR) is 194 cm³/mol. The Morgan fingerprint density at radius 1 is 0.646 bits per heavy atom. The largest absolute Gasteiger partial charge is 0.469 e. The third-order valence-corrected chi connectivity index (χ3v) is 8.39. The van der Waals surface area contributed by atoms with Gasteiger partial charge in [0, 0.05) is 12.8 Å². The molecule has 0 aliphatic rings. The van der Waals surface area contributed by atoms with Crippen molar-refractivity contribution in [3.05, 3.63) is 48.6 Å². The Balaban J connectivity index is 4.10. The Bertz CT molecular complexity index is 952. The van der Waals surface area contributed by atoms with E-state index in [0.717, 1.165) is 63.7 Å². The Morgan fingerprint density at radius 3 is 1.69 bits per heavy atom. The molecule has 1 unspecified atom stereocenters. The number of ether oxygens (including phenoxy) is 2. The van der Waals surface area contributed by atoms with Crippen molar-refractivity contribution in [2.75, 3.05) is 13.2 Å². The molecule has 0 bridgehead atoms. The number of hydrogen-bond acceptors (Lipinski definition) is 7. The van der Waals surface area contributed by atoms with Crippen LogP contribution in [0.5, 0.6) is 0 Å². The van der Waals surface area contributed by atoms with Crippen LogP contribution in [-0.4, -0.2) is 52.3 Å². The van der Waals surface area contributed by atoms with Gasteiger partial charge in [-0.3, -0.25) is 14.1 Å². The number of hydrogen-bond donors (Lipinski definition) is 3. The van der Waals surface area contributed by atoms with E-state index < -0.39 is 32.5 Å². The van der Waals surface area contributed by atoms with E-state index in [1.54, 1.807) is 0 Å². The summed E-state index contributed by atoms with van der Waals surface area (Å²) in [5, 5.41) is 9.23. The van der Waals surface area contributed by atoms with Crippen LogP contribution in [-0.2, 0) is 28.2 Å². The fraction of sp³-hybridized carbons (Fsp3) is 0.737. The molecule has 278 valence electrons. The highest BCUT2D eigenvalue weighted by atomic mass is 31.2. The van der Waals surface area contributed by atoms with E-state index in [0.29, 0.717) is 19.3 Å². The molecule has 9 nitrogen and oxygen atoms in total. The highest BCUT2D eigenvalue weighted by Crippen LogP contribution is 2.36. The lowest BCUT2D eigenvalue weighted by molar-refractivity contribution is -0.161. The molecule has 0 saturated heterocycles. The van der Waals surface area contributed by atoms with Gasteiger partial charge in [0.05, 0.1) is 12.7 Å². The number of unbranched alkanes of at least 4 members (excludes halogenated alkanes) is 9. The highest BCUT2D eigenvalue weighted by Gasteiger charge is 2.22. The van der Waals surface area contributed by atoms with E-state index >= 15 is 0 Å². The van der Waals surface area contributed by atoms with Crippen molar-refractivity contribution in [3.63, 3.8) is 0 Å². The Kier molecular flexibility index (Phi) is 30.8. The van der Waals surface area contributed by atoms with E-state index in [1.807, 2.05) is 19.1 Å². The van der Waals surface area contributed by atoms with Crippen LogP contribution in [0.1, 0.15) is 149 Å². The fourth-order valence-electron chi connectivity index (χ4n) is 4.77. The maximum Gasteiger partial charge on any atom is 0.469 e. The number of esters is 2. The molecule has 0 aromatic carbocycles. The topological polar surface area (TPSA) is 140 Å². The maximum atomic E-state index is 12.3. The van der Waals surface area contributed by atoms with Crippen LogP contribution in [0.3, 0.4) is 0 Å². The second-order valence-electron chi connectivity index (χ2n) is 12.7. The van der Waals surface area contributed by atoms with Gasteiger partial charge in [-0.05, 0) is 70.6 Å². The van der Waals surface area contributed by atoms with Crippen molar-refractivity contribution < 1.29 is 43.0 Å². The average Bonchev–Trinajstić information content (AvgIpc) is 3.03. The van der Waals surface area contributed by atoms with E-state index in [2.05, 4.69) is 54.8 Å². The first-order chi connectivity index (χ1) is 23.0. The van der Waals surface area contributed by atoms with Crippen LogP contribution in [0, 0.1) is 5.92 Å². The smallest absolute Gasteiger partial charge is 0.462 e. The van der Waals surface area contributed by atoms with Crippen LogP contribution < -0.4 is 0 Å². The quantitative estimate of drug-likeness (QED) is 0.0271. The zero-order chi connectivity index (χ0) is 35.7. The molecule has 48 heavy (non-hydrogen) atoms. The van der Waals surface area contributed by atoms with Crippen LogP contribution in [0.25, 0.3) is 0 Å². The number of allylic oxidation sites excluding steroid dienone is 8. The van der Waals surface area contributed by atoms with Gasteiger partial charge in [-0.15, -0.1) is 0 Å². The predicted octanol–water partition coefficient (Wildman–Crippen LogP) is 9.61. The molecule has 0 saturated carbocycles. The number of carbonyl (C=O) groups is 2. The van der Waals surface area contributed by atoms with Gasteiger partial charge in [-0.2, -0.15) is 0 Å². The summed E-state index contributed by atoms with van der Waals surface area (Å²) in [6.07, 6.45) is 34.0. The average molecular weight is 699 g/mol. The van der Waals surface area contributed by atoms with Crippen molar-refractivity contribution >= 4 is 19.8 Å². The van der Waals surface area contributed by atoms with Gasteiger partial charge in [-0.25, -0.2) is 4.57 Å². The van der Waals surface area contributed by atoms with Gasteiger partial charge in [0.15, 0.2) is 6.10 Å². The molecule has 0 aromatic heterocycles. The summed E-state index contributed by atoms with van der Waals surface area (Å²) in [5.74, 6) is -0.159. The number of aliphatic hydroxyl groups excluding tert-OH is 1. The number of phosphoric acid groups is 1. The lowest BCUT2D eigenvalue weighted by atomic mass is 9.99. The first-order valence-electron chi connectivity index (χ1n) is 18.4. The molecule has 10 heteroatoms. The first-order valence-corrected chi connectivity index (χ1v) is 19.9. The Morgan fingerprint density at radius 2 is 1.15 bits per heavy atom. The Hall–Kier alpha value is -2.03. The summed E-state index contributed by atoms with van der Waals surface area (Å²) in [4.78, 5) is 42.6. The monoisotopic (exact) mass is 698 g/mol. The van der Waals surface area contributed by atoms with Crippen molar-refractivity contribution in [3.8, 4) is 0 Å². The normalized spacial score (nSPS) is 14.4. The number of carbonyl (C=O) groups excluding carboxylic acids is 2. The van der Waals surface area contributed by atoms with Gasteiger partial charge in [0.1, 0.15) is 6.61 Å². The van der Waals surface area contributed by atoms with Gasteiger partial charge >= 0.3 is 19.8 Å². The molecular weight excluding hydrogens is 631 g/mol. The zero-order valence-corrected chi connectivity index (χ0v) is 31.0. The number of phosphoric ester groups is 1. The molecule has 0 fully saturated rings. The van der Waals surface area contributed by atoms with Gasteiger partial charge in [-0.1, -0.05) is 120 Å².